The number of carbonyl (C=O) groups excluding carboxylic acids is 1. The van der Waals surface area contributed by atoms with Crippen molar-refractivity contribution in [2.45, 2.75) is 93.5 Å². The van der Waals surface area contributed by atoms with Crippen LogP contribution in [0.3, 0.4) is 0 Å². The lowest BCUT2D eigenvalue weighted by atomic mass is 9.79. The van der Waals surface area contributed by atoms with Gasteiger partial charge in [0, 0.05) is 39.6 Å². The minimum Gasteiger partial charge on any atom is -0.507 e. The van der Waals surface area contributed by atoms with E-state index in [1.165, 1.54) is 30.6 Å². The van der Waals surface area contributed by atoms with Crippen molar-refractivity contribution in [3.63, 3.8) is 0 Å². The van der Waals surface area contributed by atoms with Crippen molar-refractivity contribution in [3.05, 3.63) is 23.3 Å². The molecule has 0 bridgehead atoms. The van der Waals surface area contributed by atoms with Crippen molar-refractivity contribution in [2.75, 3.05) is 32.1 Å². The van der Waals surface area contributed by atoms with E-state index in [1.54, 1.807) is 0 Å². The van der Waals surface area contributed by atoms with Gasteiger partial charge in [-0.3, -0.25) is 4.79 Å². The molecule has 1 saturated carbocycles. The lowest BCUT2D eigenvalue weighted by Gasteiger charge is -2.33. The number of aromatic hydroxyl groups is 1. The summed E-state index contributed by atoms with van der Waals surface area (Å²) < 4.78 is 5.38. The Kier molecular flexibility index (Phi) is 8.54. The van der Waals surface area contributed by atoms with Gasteiger partial charge in [0.25, 0.3) is 0 Å². The number of thioether (sulfide) groups is 2. The van der Waals surface area contributed by atoms with Crippen LogP contribution in [0.25, 0.3) is 0 Å². The Bertz CT molecular complexity index is 756. The molecule has 180 valence electrons. The van der Waals surface area contributed by atoms with E-state index in [0.29, 0.717) is 35.2 Å². The summed E-state index contributed by atoms with van der Waals surface area (Å²) in [5.41, 5.74) is 1.81. The van der Waals surface area contributed by atoms with Crippen molar-refractivity contribution in [1.82, 2.24) is 4.90 Å². The van der Waals surface area contributed by atoms with Gasteiger partial charge in [0.2, 0.25) is 5.91 Å². The predicted octanol–water partition coefficient (Wildman–Crippen LogP) is 5.98. The number of hydrogen-bond acceptors (Lipinski definition) is 5. The first-order valence-corrected chi connectivity index (χ1v) is 13.9. The van der Waals surface area contributed by atoms with Crippen LogP contribution in [0.2, 0.25) is 0 Å². The number of amides is 1. The first-order chi connectivity index (χ1) is 15.0. The maximum Gasteiger partial charge on any atom is 0.232 e. The molecule has 0 unspecified atom stereocenters. The summed E-state index contributed by atoms with van der Waals surface area (Å²) in [5.74, 6) is 1.26. The lowest BCUT2D eigenvalue weighted by Crippen LogP contribution is -2.42. The van der Waals surface area contributed by atoms with Crippen LogP contribution in [0.4, 0.5) is 0 Å². The fourth-order valence-corrected chi connectivity index (χ4v) is 7.38. The molecule has 2 atom stereocenters. The number of hydrogen-bond donors (Lipinski definition) is 1. The fraction of sp³-hybridized carbons (Fsp3) is 0.731. The highest BCUT2D eigenvalue weighted by Gasteiger charge is 2.31. The van der Waals surface area contributed by atoms with Crippen LogP contribution in [-0.4, -0.2) is 58.5 Å². The molecule has 3 rings (SSSR count). The van der Waals surface area contributed by atoms with E-state index in [2.05, 4.69) is 53.7 Å². The van der Waals surface area contributed by atoms with Gasteiger partial charge in [0.15, 0.2) is 0 Å². The Morgan fingerprint density at radius 1 is 1.00 bits per heavy atom. The molecule has 2 fully saturated rings. The van der Waals surface area contributed by atoms with Crippen molar-refractivity contribution in [2.24, 2.45) is 0 Å². The van der Waals surface area contributed by atoms with Gasteiger partial charge in [0.05, 0.1) is 19.0 Å². The summed E-state index contributed by atoms with van der Waals surface area (Å²) in [6.45, 7) is 15.8. The number of ether oxygens (including phenoxy) is 1. The third-order valence-corrected chi connectivity index (χ3v) is 9.37. The van der Waals surface area contributed by atoms with Crippen LogP contribution in [0, 0.1) is 0 Å². The summed E-state index contributed by atoms with van der Waals surface area (Å²) in [4.78, 5) is 15.9. The summed E-state index contributed by atoms with van der Waals surface area (Å²) in [5, 5.41) is 12.0. The topological polar surface area (TPSA) is 49.8 Å². The largest absolute Gasteiger partial charge is 0.507 e. The molecule has 1 aliphatic carbocycles. The third kappa shape index (κ3) is 6.60. The van der Waals surface area contributed by atoms with E-state index < -0.39 is 0 Å². The molecule has 1 saturated heterocycles. The second-order valence-electron chi connectivity index (χ2n) is 11.2. The van der Waals surface area contributed by atoms with Gasteiger partial charge in [-0.1, -0.05) is 54.4 Å². The van der Waals surface area contributed by atoms with Gasteiger partial charge >= 0.3 is 0 Å². The van der Waals surface area contributed by atoms with Crippen LogP contribution in [-0.2, 0) is 20.4 Å². The molecule has 32 heavy (non-hydrogen) atoms. The van der Waals surface area contributed by atoms with Crippen LogP contribution in [0.5, 0.6) is 5.75 Å². The van der Waals surface area contributed by atoms with Crippen molar-refractivity contribution < 1.29 is 14.6 Å². The van der Waals surface area contributed by atoms with Gasteiger partial charge in [-0.15, -0.1) is 23.5 Å². The molecule has 1 amide bonds. The molecule has 0 radical (unpaired) electrons. The maximum atomic E-state index is 12.7. The SMILES string of the molecule is CC(C)(C)c1cc(S[C@@H]2CCCC[C@H]2SCC(=O)N2CCOCC2)cc(C(C)(C)C)c1O. The average molecular weight is 480 g/mol. The number of benzene rings is 1. The standard InChI is InChI=1S/C26H41NO3S2/c1-25(2,3)19-15-18(16-20(24(19)29)26(4,5)6)32-22-10-8-7-9-21(22)31-17-23(28)27-11-13-30-14-12-27/h15-16,21-22,29H,7-14,17H2,1-6H3/t21-,22-/m1/s1. The molecular formula is C26H41NO3S2. The smallest absolute Gasteiger partial charge is 0.232 e. The highest BCUT2D eigenvalue weighted by atomic mass is 32.2. The highest BCUT2D eigenvalue weighted by molar-refractivity contribution is 8.04. The van der Waals surface area contributed by atoms with Gasteiger partial charge in [-0.05, 0) is 35.8 Å². The van der Waals surface area contributed by atoms with Gasteiger partial charge in [-0.25, -0.2) is 0 Å². The number of phenolic OH excluding ortho intramolecular Hbond substituents is 1. The van der Waals surface area contributed by atoms with Gasteiger partial charge < -0.3 is 14.7 Å². The zero-order chi connectivity index (χ0) is 23.5. The quantitative estimate of drug-likeness (QED) is 0.563. The first kappa shape index (κ1) is 25.8. The highest BCUT2D eigenvalue weighted by Crippen LogP contribution is 2.45. The monoisotopic (exact) mass is 479 g/mol. The van der Waals surface area contributed by atoms with Crippen molar-refractivity contribution >= 4 is 29.4 Å². The molecule has 0 aromatic heterocycles. The molecule has 1 N–H and O–H groups in total. The molecule has 1 aliphatic heterocycles. The Morgan fingerprint density at radius 2 is 1.53 bits per heavy atom. The van der Waals surface area contributed by atoms with E-state index in [4.69, 9.17) is 4.74 Å². The van der Waals surface area contributed by atoms with Crippen molar-refractivity contribution in [3.8, 4) is 5.75 Å². The first-order valence-electron chi connectivity index (χ1n) is 12.0. The second-order valence-corrected chi connectivity index (χ2v) is 13.7. The lowest BCUT2D eigenvalue weighted by molar-refractivity contribution is -0.132. The Balaban J connectivity index is 1.75. The van der Waals surface area contributed by atoms with E-state index in [1.807, 2.05) is 28.4 Å². The molecule has 1 heterocycles. The summed E-state index contributed by atoms with van der Waals surface area (Å²) in [6.07, 6.45) is 4.86. The molecule has 1 aromatic carbocycles. The van der Waals surface area contributed by atoms with E-state index >= 15 is 0 Å². The third-order valence-electron chi connectivity index (χ3n) is 6.41. The number of carbonyl (C=O) groups is 1. The van der Waals surface area contributed by atoms with Crippen molar-refractivity contribution in [1.29, 1.82) is 0 Å². The zero-order valence-electron chi connectivity index (χ0n) is 20.7. The minimum atomic E-state index is -0.119. The number of rotatable bonds is 5. The zero-order valence-corrected chi connectivity index (χ0v) is 22.3. The molecular weight excluding hydrogens is 438 g/mol. The molecule has 6 heteroatoms. The fourth-order valence-electron chi connectivity index (χ4n) is 4.46. The normalized spacial score (nSPS) is 22.8. The van der Waals surface area contributed by atoms with Gasteiger partial charge in [-0.2, -0.15) is 0 Å². The van der Waals surface area contributed by atoms with Crippen LogP contribution in [0.15, 0.2) is 17.0 Å². The number of nitrogens with zero attached hydrogens (tertiary/aromatic N) is 1. The molecule has 0 spiro atoms. The molecule has 2 aliphatic rings. The Labute approximate surface area is 203 Å². The van der Waals surface area contributed by atoms with Crippen LogP contribution < -0.4 is 0 Å². The van der Waals surface area contributed by atoms with Crippen LogP contribution in [0.1, 0.15) is 78.4 Å². The van der Waals surface area contributed by atoms with Gasteiger partial charge in [0.1, 0.15) is 5.75 Å². The van der Waals surface area contributed by atoms with E-state index in [0.717, 1.165) is 24.2 Å². The Hall–Kier alpha value is -0.850. The second kappa shape index (κ2) is 10.6. The predicted molar refractivity (Wildman–Crippen MR) is 137 cm³/mol. The Morgan fingerprint density at radius 3 is 2.06 bits per heavy atom. The average Bonchev–Trinajstić information content (AvgIpc) is 2.73. The van der Waals surface area contributed by atoms with E-state index in [9.17, 15) is 9.90 Å². The number of phenols is 1. The molecule has 1 aromatic rings. The summed E-state index contributed by atoms with van der Waals surface area (Å²) in [6, 6.07) is 4.40. The van der Waals surface area contributed by atoms with E-state index in [-0.39, 0.29) is 16.7 Å². The summed E-state index contributed by atoms with van der Waals surface area (Å²) in [7, 11) is 0. The number of morpholine rings is 1. The minimum absolute atomic E-state index is 0.119. The maximum absolute atomic E-state index is 12.7. The molecule has 4 nitrogen and oxygen atoms in total. The summed E-state index contributed by atoms with van der Waals surface area (Å²) >= 11 is 3.80. The van der Waals surface area contributed by atoms with Crippen LogP contribution >= 0.6 is 23.5 Å².